The van der Waals surface area contributed by atoms with Crippen LogP contribution in [0.15, 0.2) is 24.3 Å². The molecule has 20 heavy (non-hydrogen) atoms. The van der Waals surface area contributed by atoms with Crippen molar-refractivity contribution in [1.82, 2.24) is 5.32 Å². The number of aliphatic carboxylic acids is 1. The van der Waals surface area contributed by atoms with Gasteiger partial charge in [0.25, 0.3) is 5.69 Å². The fourth-order valence-electron chi connectivity index (χ4n) is 1.54. The van der Waals surface area contributed by atoms with Gasteiger partial charge in [-0.1, -0.05) is 13.3 Å². The Morgan fingerprint density at radius 2 is 1.95 bits per heavy atom. The van der Waals surface area contributed by atoms with E-state index in [-0.39, 0.29) is 5.69 Å². The number of non-ortho nitro benzene ring substituents is 1. The number of carboxylic acids is 1. The minimum atomic E-state index is -1.11. The zero-order valence-corrected chi connectivity index (χ0v) is 10.8. The van der Waals surface area contributed by atoms with E-state index in [1.807, 2.05) is 6.92 Å². The first-order valence-corrected chi connectivity index (χ1v) is 5.98. The monoisotopic (exact) mass is 281 g/mol. The molecule has 0 aliphatic rings. The Balaban J connectivity index is 2.61. The van der Waals surface area contributed by atoms with Gasteiger partial charge in [-0.05, 0) is 18.6 Å². The second-order valence-electron chi connectivity index (χ2n) is 4.08. The lowest BCUT2D eigenvalue weighted by atomic mass is 10.2. The highest BCUT2D eigenvalue weighted by molar-refractivity contribution is 5.92. The molecule has 0 saturated heterocycles. The van der Waals surface area contributed by atoms with Gasteiger partial charge in [0.15, 0.2) is 0 Å². The van der Waals surface area contributed by atoms with Gasteiger partial charge in [-0.25, -0.2) is 9.59 Å². The number of hydrogen-bond donors (Lipinski definition) is 3. The van der Waals surface area contributed by atoms with Gasteiger partial charge >= 0.3 is 12.0 Å². The first-order valence-electron chi connectivity index (χ1n) is 5.98. The maximum atomic E-state index is 11.6. The molecule has 3 N–H and O–H groups in total. The van der Waals surface area contributed by atoms with Crippen molar-refractivity contribution >= 4 is 23.4 Å². The van der Waals surface area contributed by atoms with Crippen molar-refractivity contribution in [3.63, 3.8) is 0 Å². The number of nitro groups is 1. The van der Waals surface area contributed by atoms with E-state index in [1.54, 1.807) is 0 Å². The molecule has 8 nitrogen and oxygen atoms in total. The summed E-state index contributed by atoms with van der Waals surface area (Å²) in [6, 6.07) is 3.60. The molecule has 0 radical (unpaired) electrons. The zero-order valence-electron chi connectivity index (χ0n) is 10.8. The van der Waals surface area contributed by atoms with Gasteiger partial charge in [-0.2, -0.15) is 0 Å². The minimum Gasteiger partial charge on any atom is -0.480 e. The summed E-state index contributed by atoms with van der Waals surface area (Å²) >= 11 is 0. The molecule has 1 aromatic rings. The molecule has 0 aliphatic heterocycles. The molecule has 2 amide bonds. The zero-order chi connectivity index (χ0) is 15.1. The van der Waals surface area contributed by atoms with Crippen molar-refractivity contribution in [2.45, 2.75) is 25.8 Å². The van der Waals surface area contributed by atoms with Crippen molar-refractivity contribution in [3.05, 3.63) is 34.4 Å². The second kappa shape index (κ2) is 7.07. The van der Waals surface area contributed by atoms with Gasteiger partial charge in [0.2, 0.25) is 0 Å². The number of hydrogen-bond acceptors (Lipinski definition) is 4. The highest BCUT2D eigenvalue weighted by Gasteiger charge is 2.18. The van der Waals surface area contributed by atoms with Crippen LogP contribution in [0.3, 0.4) is 0 Å². The number of amides is 2. The first kappa shape index (κ1) is 15.4. The van der Waals surface area contributed by atoms with Crippen LogP contribution in [0, 0.1) is 10.1 Å². The third kappa shape index (κ3) is 4.56. The summed E-state index contributed by atoms with van der Waals surface area (Å²) in [5.74, 6) is -1.11. The van der Waals surface area contributed by atoms with Crippen LogP contribution in [0.25, 0.3) is 0 Å². The number of carboxylic acid groups (broad SMARTS) is 1. The summed E-state index contributed by atoms with van der Waals surface area (Å²) in [5.41, 5.74) is 0.249. The lowest BCUT2D eigenvalue weighted by Gasteiger charge is -2.14. The maximum absolute atomic E-state index is 11.6. The van der Waals surface area contributed by atoms with E-state index < -0.39 is 23.0 Å². The standard InChI is InChI=1S/C12H15N3O5/c1-2-3-10(11(16)17)14-12(18)13-8-4-6-9(7-5-8)15(19)20/h4-7,10H,2-3H2,1H3,(H,16,17)(H2,13,14,18)/t10-/m0/s1. The lowest BCUT2D eigenvalue weighted by Crippen LogP contribution is -2.42. The van der Waals surface area contributed by atoms with Crippen LogP contribution in [0.5, 0.6) is 0 Å². The molecule has 8 heteroatoms. The average Bonchev–Trinajstić information content (AvgIpc) is 2.38. The predicted octanol–water partition coefficient (Wildman–Crippen LogP) is 1.97. The quantitative estimate of drug-likeness (QED) is 0.543. The maximum Gasteiger partial charge on any atom is 0.326 e. The van der Waals surface area contributed by atoms with Crippen LogP contribution < -0.4 is 10.6 Å². The molecule has 0 aromatic heterocycles. The summed E-state index contributed by atoms with van der Waals surface area (Å²) in [4.78, 5) is 32.4. The molecule has 0 spiro atoms. The number of rotatable bonds is 6. The number of nitro benzene ring substituents is 1. The third-order valence-electron chi connectivity index (χ3n) is 2.52. The molecule has 0 saturated carbocycles. The number of urea groups is 1. The number of nitrogens with zero attached hydrogens (tertiary/aromatic N) is 1. The van der Waals surface area contributed by atoms with Crippen molar-refractivity contribution < 1.29 is 19.6 Å². The summed E-state index contributed by atoms with van der Waals surface area (Å²) in [6.07, 6.45) is 0.942. The van der Waals surface area contributed by atoms with E-state index in [0.717, 1.165) is 0 Å². The summed E-state index contributed by atoms with van der Waals surface area (Å²) in [6.45, 7) is 1.81. The molecule has 1 aromatic carbocycles. The van der Waals surface area contributed by atoms with E-state index in [1.165, 1.54) is 24.3 Å². The van der Waals surface area contributed by atoms with Gasteiger partial charge in [-0.3, -0.25) is 10.1 Å². The smallest absolute Gasteiger partial charge is 0.326 e. The Kier molecular flexibility index (Phi) is 5.45. The van der Waals surface area contributed by atoms with Gasteiger partial charge < -0.3 is 15.7 Å². The number of carbonyl (C=O) groups is 2. The molecule has 1 rings (SSSR count). The molecule has 1 atom stereocenters. The Morgan fingerprint density at radius 1 is 1.35 bits per heavy atom. The molecule has 0 bridgehead atoms. The Morgan fingerprint density at radius 3 is 2.40 bits per heavy atom. The van der Waals surface area contributed by atoms with Crippen LogP contribution >= 0.6 is 0 Å². The van der Waals surface area contributed by atoms with Crippen LogP contribution in [0.1, 0.15) is 19.8 Å². The fourth-order valence-corrected chi connectivity index (χ4v) is 1.54. The molecule has 108 valence electrons. The average molecular weight is 281 g/mol. The SMILES string of the molecule is CCC[C@H](NC(=O)Nc1ccc([N+](=O)[O-])cc1)C(=O)O. The highest BCUT2D eigenvalue weighted by atomic mass is 16.6. The Labute approximate surface area is 114 Å². The van der Waals surface area contributed by atoms with E-state index >= 15 is 0 Å². The molecule has 0 fully saturated rings. The molecular weight excluding hydrogens is 266 g/mol. The van der Waals surface area contributed by atoms with Crippen LogP contribution in [-0.4, -0.2) is 28.1 Å². The van der Waals surface area contributed by atoms with Crippen molar-refractivity contribution in [2.75, 3.05) is 5.32 Å². The van der Waals surface area contributed by atoms with Gasteiger partial charge in [0, 0.05) is 17.8 Å². The van der Waals surface area contributed by atoms with Gasteiger partial charge in [-0.15, -0.1) is 0 Å². The fraction of sp³-hybridized carbons (Fsp3) is 0.333. The first-order chi connectivity index (χ1) is 9.43. The van der Waals surface area contributed by atoms with Crippen molar-refractivity contribution in [1.29, 1.82) is 0 Å². The summed E-state index contributed by atoms with van der Waals surface area (Å²) in [5, 5.41) is 24.1. The number of benzene rings is 1. The molecule has 0 aliphatic carbocycles. The van der Waals surface area contributed by atoms with Gasteiger partial charge in [0.1, 0.15) is 6.04 Å². The molecule has 0 unspecified atom stereocenters. The van der Waals surface area contributed by atoms with E-state index in [9.17, 15) is 19.7 Å². The van der Waals surface area contributed by atoms with E-state index in [0.29, 0.717) is 18.5 Å². The van der Waals surface area contributed by atoms with Crippen LogP contribution in [0.2, 0.25) is 0 Å². The van der Waals surface area contributed by atoms with Crippen molar-refractivity contribution in [2.24, 2.45) is 0 Å². The summed E-state index contributed by atoms with van der Waals surface area (Å²) in [7, 11) is 0. The lowest BCUT2D eigenvalue weighted by molar-refractivity contribution is -0.384. The summed E-state index contributed by atoms with van der Waals surface area (Å²) < 4.78 is 0. The molecular formula is C12H15N3O5. The normalized spacial score (nSPS) is 11.4. The number of carbonyl (C=O) groups excluding carboxylic acids is 1. The van der Waals surface area contributed by atoms with E-state index in [4.69, 9.17) is 5.11 Å². The number of nitrogens with one attached hydrogen (secondary N) is 2. The highest BCUT2D eigenvalue weighted by Crippen LogP contribution is 2.15. The second-order valence-corrected chi connectivity index (χ2v) is 4.08. The minimum absolute atomic E-state index is 0.0923. The van der Waals surface area contributed by atoms with Crippen molar-refractivity contribution in [3.8, 4) is 0 Å². The number of anilines is 1. The largest absolute Gasteiger partial charge is 0.480 e. The third-order valence-corrected chi connectivity index (χ3v) is 2.52. The van der Waals surface area contributed by atoms with Crippen LogP contribution in [0.4, 0.5) is 16.2 Å². The van der Waals surface area contributed by atoms with E-state index in [2.05, 4.69) is 10.6 Å². The Hall–Kier alpha value is -2.64. The predicted molar refractivity (Wildman–Crippen MR) is 71.6 cm³/mol. The van der Waals surface area contributed by atoms with Gasteiger partial charge in [0.05, 0.1) is 4.92 Å². The topological polar surface area (TPSA) is 122 Å². The van der Waals surface area contributed by atoms with Crippen LogP contribution in [-0.2, 0) is 4.79 Å². The Bertz CT molecular complexity index is 500. The molecule has 0 heterocycles.